The average Bonchev–Trinajstić information content (AvgIpc) is 2.67. The van der Waals surface area contributed by atoms with Crippen LogP contribution in [-0.4, -0.2) is 18.2 Å². The number of benzene rings is 1. The Balaban J connectivity index is 2.22. The minimum atomic E-state index is -3.66. The maximum absolute atomic E-state index is 11.0. The van der Waals surface area contributed by atoms with Crippen LogP contribution in [0.5, 0.6) is 0 Å². The van der Waals surface area contributed by atoms with Crippen LogP contribution in [0.3, 0.4) is 0 Å². The van der Waals surface area contributed by atoms with Gasteiger partial charge in [-0.15, -0.1) is 0 Å². The van der Waals surface area contributed by atoms with Crippen molar-refractivity contribution in [3.05, 3.63) is 48.3 Å². The lowest BCUT2D eigenvalue weighted by Gasteiger charge is -2.00. The largest absolute Gasteiger partial charge is 0.267 e. The van der Waals surface area contributed by atoms with Crippen molar-refractivity contribution in [1.29, 1.82) is 0 Å². The molecule has 0 radical (unpaired) electrons. The van der Waals surface area contributed by atoms with Crippen molar-refractivity contribution < 1.29 is 8.42 Å². The molecule has 16 heavy (non-hydrogen) atoms. The van der Waals surface area contributed by atoms with Crippen molar-refractivity contribution in [3.8, 4) is 0 Å². The number of nitrogens with zero attached hydrogens (tertiary/aromatic N) is 2. The summed E-state index contributed by atoms with van der Waals surface area (Å²) in [5.74, 6) is 0. The van der Waals surface area contributed by atoms with Crippen LogP contribution in [0, 0.1) is 0 Å². The number of hydrogen-bond donors (Lipinski definition) is 1. The lowest BCUT2D eigenvalue weighted by Crippen LogP contribution is -2.11. The minimum absolute atomic E-state index is 0.0310. The molecule has 5 nitrogen and oxygen atoms in total. The highest BCUT2D eigenvalue weighted by Gasteiger charge is 2.10. The van der Waals surface area contributed by atoms with Gasteiger partial charge in [0.2, 0.25) is 10.0 Å². The summed E-state index contributed by atoms with van der Waals surface area (Å²) in [7, 11) is -3.66. The lowest BCUT2D eigenvalue weighted by atomic mass is 10.2. The van der Waals surface area contributed by atoms with Crippen LogP contribution >= 0.6 is 0 Å². The molecule has 0 amide bonds. The molecular formula is C10H11N3O2S. The Labute approximate surface area is 93.6 Å². The molecule has 0 unspecified atom stereocenters. The number of nitrogens with two attached hydrogens (primary N) is 1. The van der Waals surface area contributed by atoms with E-state index in [0.29, 0.717) is 6.54 Å². The number of primary sulfonamides is 1. The van der Waals surface area contributed by atoms with E-state index in [1.54, 1.807) is 0 Å². The molecule has 1 aromatic carbocycles. The van der Waals surface area contributed by atoms with Gasteiger partial charge in [0.1, 0.15) is 4.90 Å². The Morgan fingerprint density at radius 2 is 1.94 bits per heavy atom. The fourth-order valence-electron chi connectivity index (χ4n) is 1.35. The molecule has 0 atom stereocenters. The predicted molar refractivity (Wildman–Crippen MR) is 59.1 cm³/mol. The zero-order valence-electron chi connectivity index (χ0n) is 8.45. The first kappa shape index (κ1) is 10.8. The highest BCUT2D eigenvalue weighted by Crippen LogP contribution is 2.06. The molecule has 0 aliphatic rings. The fraction of sp³-hybridized carbons (Fsp3) is 0.100. The molecule has 6 heteroatoms. The third-order valence-electron chi connectivity index (χ3n) is 2.13. The molecule has 0 aliphatic heterocycles. The zero-order chi connectivity index (χ0) is 11.6. The standard InChI is InChI=1S/C10H11N3O2S/c11-16(14,15)10-6-12-13(8-10)7-9-4-2-1-3-5-9/h1-6,8H,7H2,(H2,11,14,15). The van der Waals surface area contributed by atoms with Crippen molar-refractivity contribution in [1.82, 2.24) is 9.78 Å². The molecule has 2 N–H and O–H groups in total. The first-order valence-corrected chi connectivity index (χ1v) is 6.19. The van der Waals surface area contributed by atoms with Gasteiger partial charge in [-0.2, -0.15) is 5.10 Å². The quantitative estimate of drug-likeness (QED) is 0.848. The summed E-state index contributed by atoms with van der Waals surface area (Å²) < 4.78 is 23.6. The Morgan fingerprint density at radius 1 is 1.25 bits per heavy atom. The second kappa shape index (κ2) is 4.07. The van der Waals surface area contributed by atoms with Gasteiger partial charge in [0.05, 0.1) is 12.7 Å². The minimum Gasteiger partial charge on any atom is -0.267 e. The van der Waals surface area contributed by atoms with E-state index in [0.717, 1.165) is 5.56 Å². The molecule has 0 saturated heterocycles. The Bertz CT molecular complexity index is 575. The van der Waals surface area contributed by atoms with Crippen molar-refractivity contribution in [2.45, 2.75) is 11.4 Å². The fourth-order valence-corrected chi connectivity index (χ4v) is 1.81. The van der Waals surface area contributed by atoms with Crippen LogP contribution in [-0.2, 0) is 16.6 Å². The molecule has 0 saturated carbocycles. The van der Waals surface area contributed by atoms with Crippen molar-refractivity contribution >= 4 is 10.0 Å². The van der Waals surface area contributed by atoms with Gasteiger partial charge in [0, 0.05) is 6.20 Å². The summed E-state index contributed by atoms with van der Waals surface area (Å²) >= 11 is 0. The van der Waals surface area contributed by atoms with Crippen LogP contribution in [0.4, 0.5) is 0 Å². The molecule has 2 rings (SSSR count). The maximum atomic E-state index is 11.0. The monoisotopic (exact) mass is 237 g/mol. The van der Waals surface area contributed by atoms with Gasteiger partial charge < -0.3 is 0 Å². The van der Waals surface area contributed by atoms with Gasteiger partial charge in [-0.1, -0.05) is 30.3 Å². The molecule has 0 bridgehead atoms. The predicted octanol–water partition coefficient (Wildman–Crippen LogP) is 0.579. The van der Waals surface area contributed by atoms with Crippen molar-refractivity contribution in [3.63, 3.8) is 0 Å². The molecule has 0 spiro atoms. The van der Waals surface area contributed by atoms with E-state index in [4.69, 9.17) is 5.14 Å². The Kier molecular flexibility index (Phi) is 2.76. The van der Waals surface area contributed by atoms with Gasteiger partial charge in [-0.3, -0.25) is 4.68 Å². The van der Waals surface area contributed by atoms with E-state index in [9.17, 15) is 8.42 Å². The second-order valence-corrected chi connectivity index (χ2v) is 4.97. The molecule has 1 heterocycles. The van der Waals surface area contributed by atoms with Crippen molar-refractivity contribution in [2.24, 2.45) is 5.14 Å². The summed E-state index contributed by atoms with van der Waals surface area (Å²) in [4.78, 5) is 0.0310. The van der Waals surface area contributed by atoms with E-state index in [1.807, 2.05) is 30.3 Å². The molecule has 0 aliphatic carbocycles. The number of aromatic nitrogens is 2. The third kappa shape index (κ3) is 2.47. The van der Waals surface area contributed by atoms with Gasteiger partial charge >= 0.3 is 0 Å². The third-order valence-corrected chi connectivity index (χ3v) is 2.99. The summed E-state index contributed by atoms with van der Waals surface area (Å²) in [5.41, 5.74) is 1.05. The molecule has 84 valence electrons. The van der Waals surface area contributed by atoms with Gasteiger partial charge in [0.15, 0.2) is 0 Å². The molecule has 1 aromatic heterocycles. The number of sulfonamides is 1. The maximum Gasteiger partial charge on any atom is 0.241 e. The van der Waals surface area contributed by atoms with Gasteiger partial charge in [-0.05, 0) is 5.56 Å². The first-order valence-electron chi connectivity index (χ1n) is 4.65. The number of hydrogen-bond acceptors (Lipinski definition) is 3. The Hall–Kier alpha value is -1.66. The lowest BCUT2D eigenvalue weighted by molar-refractivity contribution is 0.597. The van der Waals surface area contributed by atoms with E-state index in [1.165, 1.54) is 17.1 Å². The van der Waals surface area contributed by atoms with Crippen molar-refractivity contribution in [2.75, 3.05) is 0 Å². The molecule has 0 fully saturated rings. The SMILES string of the molecule is NS(=O)(=O)c1cnn(Cc2ccccc2)c1. The van der Waals surface area contributed by atoms with Gasteiger partial charge in [-0.25, -0.2) is 13.6 Å². The average molecular weight is 237 g/mol. The molecular weight excluding hydrogens is 226 g/mol. The smallest absolute Gasteiger partial charge is 0.241 e. The summed E-state index contributed by atoms with van der Waals surface area (Å²) in [6, 6.07) is 9.64. The number of rotatable bonds is 3. The normalized spacial score (nSPS) is 11.6. The molecule has 2 aromatic rings. The zero-order valence-corrected chi connectivity index (χ0v) is 9.26. The van der Waals surface area contributed by atoms with Crippen LogP contribution in [0.2, 0.25) is 0 Å². The van der Waals surface area contributed by atoms with Crippen LogP contribution in [0.15, 0.2) is 47.6 Å². The summed E-state index contributed by atoms with van der Waals surface area (Å²) in [5, 5.41) is 8.92. The van der Waals surface area contributed by atoms with E-state index < -0.39 is 10.0 Å². The van der Waals surface area contributed by atoms with E-state index in [-0.39, 0.29) is 4.90 Å². The highest BCUT2D eigenvalue weighted by molar-refractivity contribution is 7.89. The van der Waals surface area contributed by atoms with E-state index >= 15 is 0 Å². The highest BCUT2D eigenvalue weighted by atomic mass is 32.2. The summed E-state index contributed by atoms with van der Waals surface area (Å²) in [6.45, 7) is 0.524. The van der Waals surface area contributed by atoms with Gasteiger partial charge in [0.25, 0.3) is 0 Å². The first-order chi connectivity index (χ1) is 7.55. The Morgan fingerprint density at radius 3 is 2.50 bits per heavy atom. The van der Waals surface area contributed by atoms with Crippen LogP contribution < -0.4 is 5.14 Å². The summed E-state index contributed by atoms with van der Waals surface area (Å²) in [6.07, 6.45) is 2.67. The van der Waals surface area contributed by atoms with Crippen LogP contribution in [0.25, 0.3) is 0 Å². The van der Waals surface area contributed by atoms with E-state index in [2.05, 4.69) is 5.10 Å². The second-order valence-electron chi connectivity index (χ2n) is 3.40. The topological polar surface area (TPSA) is 78.0 Å². The van der Waals surface area contributed by atoms with Crippen LogP contribution in [0.1, 0.15) is 5.56 Å².